The van der Waals surface area contributed by atoms with Gasteiger partial charge in [-0.05, 0) is 74.3 Å². The van der Waals surface area contributed by atoms with Gasteiger partial charge in [0.05, 0.1) is 12.2 Å². The lowest BCUT2D eigenvalue weighted by Crippen LogP contribution is -2.27. The van der Waals surface area contributed by atoms with E-state index in [0.29, 0.717) is 12.5 Å². The van der Waals surface area contributed by atoms with E-state index in [9.17, 15) is 8.78 Å². The molecule has 0 aromatic heterocycles. The quantitative estimate of drug-likeness (QED) is 0.559. The summed E-state index contributed by atoms with van der Waals surface area (Å²) in [5, 5.41) is 8.74. The van der Waals surface area contributed by atoms with E-state index in [1.54, 1.807) is 6.07 Å². The number of ether oxygens (including phenoxy) is 1. The number of nitrogens with zero attached hydrogens (tertiary/aromatic N) is 1. The molecule has 148 valence electrons. The molecule has 2 saturated carbocycles. The van der Waals surface area contributed by atoms with E-state index in [4.69, 9.17) is 10.00 Å². The van der Waals surface area contributed by atoms with Crippen LogP contribution in [0.3, 0.4) is 0 Å². The van der Waals surface area contributed by atoms with Crippen LogP contribution in [0.5, 0.6) is 5.75 Å². The second-order valence-electron chi connectivity index (χ2n) is 8.51. The highest BCUT2D eigenvalue weighted by molar-refractivity contribution is 5.37. The van der Waals surface area contributed by atoms with Gasteiger partial charge >= 0.3 is 0 Å². The minimum atomic E-state index is -1.11. The normalized spacial score (nSPS) is 28.5. The molecule has 0 N–H and O–H groups in total. The van der Waals surface area contributed by atoms with E-state index in [0.717, 1.165) is 30.6 Å². The maximum atomic E-state index is 13.9. The zero-order valence-electron chi connectivity index (χ0n) is 16.4. The van der Waals surface area contributed by atoms with Gasteiger partial charge in [0, 0.05) is 0 Å². The van der Waals surface area contributed by atoms with Crippen LogP contribution in [0.4, 0.5) is 8.78 Å². The molecule has 2 nitrogen and oxygen atoms in total. The molecular weight excluding hydrogens is 344 g/mol. The number of halogens is 2. The van der Waals surface area contributed by atoms with E-state index in [1.165, 1.54) is 63.5 Å². The molecule has 0 aliphatic heterocycles. The van der Waals surface area contributed by atoms with Crippen molar-refractivity contribution in [3.63, 3.8) is 0 Å². The van der Waals surface area contributed by atoms with Gasteiger partial charge in [-0.1, -0.05) is 32.6 Å². The summed E-state index contributed by atoms with van der Waals surface area (Å²) in [5.74, 6) is 0.860. The summed E-state index contributed by atoms with van der Waals surface area (Å²) >= 11 is 0. The average Bonchev–Trinajstić information content (AvgIpc) is 2.70. The Morgan fingerprint density at radius 3 is 2.07 bits per heavy atom. The van der Waals surface area contributed by atoms with Crippen LogP contribution in [0.2, 0.25) is 0 Å². The second-order valence-corrected chi connectivity index (χ2v) is 8.51. The van der Waals surface area contributed by atoms with Gasteiger partial charge in [-0.3, -0.25) is 0 Å². The Kier molecular flexibility index (Phi) is 7.10. The molecule has 27 heavy (non-hydrogen) atoms. The second kappa shape index (κ2) is 9.53. The van der Waals surface area contributed by atoms with Crippen LogP contribution in [0, 0.1) is 46.6 Å². The molecule has 0 heterocycles. The fraction of sp³-hybridized carbons (Fsp3) is 0.696. The standard InChI is InChI=1S/C23H31F2NO/c1-2-3-16-4-8-18(9-5-16)19-10-6-17(7-11-19)15-27-21-13-12-20(14-26)22(24)23(21)25/h12-13,16-19H,2-11,15H2,1H3. The summed E-state index contributed by atoms with van der Waals surface area (Å²) in [5.41, 5.74) is -0.283. The van der Waals surface area contributed by atoms with Gasteiger partial charge in [0.25, 0.3) is 0 Å². The molecule has 0 bridgehead atoms. The lowest BCUT2D eigenvalue weighted by molar-refractivity contribution is 0.120. The summed E-state index contributed by atoms with van der Waals surface area (Å²) in [4.78, 5) is 0. The van der Waals surface area contributed by atoms with E-state index >= 15 is 0 Å². The first-order valence-electron chi connectivity index (χ1n) is 10.6. The van der Waals surface area contributed by atoms with E-state index in [2.05, 4.69) is 6.92 Å². The first-order valence-corrected chi connectivity index (χ1v) is 10.6. The van der Waals surface area contributed by atoms with Crippen molar-refractivity contribution < 1.29 is 13.5 Å². The smallest absolute Gasteiger partial charge is 0.201 e. The fourth-order valence-electron chi connectivity index (χ4n) is 5.12. The highest BCUT2D eigenvalue weighted by atomic mass is 19.2. The monoisotopic (exact) mass is 375 g/mol. The molecule has 2 aliphatic carbocycles. The Morgan fingerprint density at radius 2 is 1.52 bits per heavy atom. The van der Waals surface area contributed by atoms with Crippen molar-refractivity contribution in [2.45, 2.75) is 71.1 Å². The van der Waals surface area contributed by atoms with Crippen molar-refractivity contribution in [3.8, 4) is 11.8 Å². The van der Waals surface area contributed by atoms with Gasteiger partial charge in [0.1, 0.15) is 6.07 Å². The zero-order chi connectivity index (χ0) is 19.2. The molecule has 2 fully saturated rings. The summed E-state index contributed by atoms with van der Waals surface area (Å²) < 4.78 is 33.2. The number of benzene rings is 1. The maximum absolute atomic E-state index is 13.9. The summed E-state index contributed by atoms with van der Waals surface area (Å²) in [6, 6.07) is 4.28. The summed E-state index contributed by atoms with van der Waals surface area (Å²) in [7, 11) is 0. The molecular formula is C23H31F2NO. The largest absolute Gasteiger partial charge is 0.490 e. The number of hydrogen-bond acceptors (Lipinski definition) is 2. The van der Waals surface area contributed by atoms with Gasteiger partial charge in [0.2, 0.25) is 5.82 Å². The van der Waals surface area contributed by atoms with Gasteiger partial charge in [-0.25, -0.2) is 4.39 Å². The van der Waals surface area contributed by atoms with Gasteiger partial charge in [-0.2, -0.15) is 9.65 Å². The molecule has 0 radical (unpaired) electrons. The molecule has 0 atom stereocenters. The lowest BCUT2D eigenvalue weighted by Gasteiger charge is -2.37. The third-order valence-electron chi connectivity index (χ3n) is 6.79. The molecule has 4 heteroatoms. The molecule has 0 saturated heterocycles. The van der Waals surface area contributed by atoms with Crippen LogP contribution >= 0.6 is 0 Å². The number of rotatable bonds is 6. The summed E-state index contributed by atoms with van der Waals surface area (Å²) in [6.07, 6.45) is 13.0. The number of nitriles is 1. The van der Waals surface area contributed by atoms with E-state index in [1.807, 2.05) is 0 Å². The van der Waals surface area contributed by atoms with Crippen molar-refractivity contribution in [1.82, 2.24) is 0 Å². The van der Waals surface area contributed by atoms with Crippen molar-refractivity contribution in [3.05, 3.63) is 29.3 Å². The highest BCUT2D eigenvalue weighted by Gasteiger charge is 2.31. The Balaban J connectivity index is 1.43. The Bertz CT molecular complexity index is 653. The van der Waals surface area contributed by atoms with Crippen molar-refractivity contribution in [2.75, 3.05) is 6.61 Å². The molecule has 1 aromatic carbocycles. The summed E-state index contributed by atoms with van der Waals surface area (Å²) in [6.45, 7) is 2.71. The van der Waals surface area contributed by atoms with Crippen molar-refractivity contribution >= 4 is 0 Å². The van der Waals surface area contributed by atoms with Crippen LogP contribution in [0.25, 0.3) is 0 Å². The lowest BCUT2D eigenvalue weighted by atomic mass is 9.69. The third kappa shape index (κ3) is 5.00. The van der Waals surface area contributed by atoms with Gasteiger partial charge in [0.15, 0.2) is 11.6 Å². The Labute approximate surface area is 161 Å². The third-order valence-corrected chi connectivity index (χ3v) is 6.79. The fourth-order valence-corrected chi connectivity index (χ4v) is 5.12. The predicted octanol–water partition coefficient (Wildman–Crippen LogP) is 6.63. The Morgan fingerprint density at radius 1 is 0.926 bits per heavy atom. The predicted molar refractivity (Wildman–Crippen MR) is 102 cm³/mol. The maximum Gasteiger partial charge on any atom is 0.201 e. The molecule has 0 amide bonds. The van der Waals surface area contributed by atoms with Gasteiger partial charge < -0.3 is 4.74 Å². The van der Waals surface area contributed by atoms with Crippen molar-refractivity contribution in [1.29, 1.82) is 5.26 Å². The minimum Gasteiger partial charge on any atom is -0.490 e. The highest BCUT2D eigenvalue weighted by Crippen LogP contribution is 2.42. The Hall–Kier alpha value is -1.63. The first kappa shape index (κ1) is 20.1. The van der Waals surface area contributed by atoms with Crippen LogP contribution in [0.15, 0.2) is 12.1 Å². The minimum absolute atomic E-state index is 0.0807. The molecule has 0 spiro atoms. The molecule has 0 unspecified atom stereocenters. The topological polar surface area (TPSA) is 33.0 Å². The van der Waals surface area contributed by atoms with Gasteiger partial charge in [-0.15, -0.1) is 0 Å². The average molecular weight is 376 g/mol. The molecule has 2 aliphatic rings. The van der Waals surface area contributed by atoms with Crippen LogP contribution < -0.4 is 4.74 Å². The number of hydrogen-bond donors (Lipinski definition) is 0. The van der Waals surface area contributed by atoms with E-state index in [-0.39, 0.29) is 11.3 Å². The molecule has 3 rings (SSSR count). The van der Waals surface area contributed by atoms with Crippen LogP contribution in [0.1, 0.15) is 76.7 Å². The molecule has 1 aromatic rings. The first-order chi connectivity index (χ1) is 13.1. The van der Waals surface area contributed by atoms with E-state index < -0.39 is 11.6 Å². The van der Waals surface area contributed by atoms with Crippen LogP contribution in [-0.2, 0) is 0 Å². The zero-order valence-corrected chi connectivity index (χ0v) is 16.4. The van der Waals surface area contributed by atoms with Crippen LogP contribution in [-0.4, -0.2) is 6.61 Å². The van der Waals surface area contributed by atoms with Crippen molar-refractivity contribution in [2.24, 2.45) is 23.7 Å². The SMILES string of the molecule is CCCC1CCC(C2CCC(COc3ccc(C#N)c(F)c3F)CC2)CC1.